The maximum Gasteiger partial charge on any atom is 0.150 e. The lowest BCUT2D eigenvalue weighted by Gasteiger charge is -2.05. The molecule has 0 atom stereocenters. The molecule has 74 valence electrons. The Kier molecular flexibility index (Phi) is 4.77. The highest BCUT2D eigenvalue weighted by molar-refractivity contribution is 8.01. The van der Waals surface area contributed by atoms with Crippen LogP contribution < -0.4 is 0 Å². The highest BCUT2D eigenvalue weighted by Crippen LogP contribution is 2.21. The summed E-state index contributed by atoms with van der Waals surface area (Å²) in [4.78, 5) is 4.35. The molecule has 0 fully saturated rings. The molecular weight excluding hydrogens is 202 g/mol. The normalized spacial score (nSPS) is 11.1. The zero-order valence-corrected chi connectivity index (χ0v) is 9.87. The van der Waals surface area contributed by atoms with Gasteiger partial charge in [0.05, 0.1) is 12.7 Å². The van der Waals surface area contributed by atoms with E-state index in [4.69, 9.17) is 4.74 Å². The van der Waals surface area contributed by atoms with Gasteiger partial charge in [-0.1, -0.05) is 11.8 Å². The number of hydrogen-bond donors (Lipinski definition) is 0. The fraction of sp³-hybridized carbons (Fsp3) is 0.667. The Balaban J connectivity index is 2.13. The summed E-state index contributed by atoms with van der Waals surface area (Å²) in [5, 5.41) is 2.08. The molecule has 4 heteroatoms. The summed E-state index contributed by atoms with van der Waals surface area (Å²) in [5.74, 6) is 0.991. The zero-order chi connectivity index (χ0) is 9.68. The zero-order valence-electron chi connectivity index (χ0n) is 8.24. The second kappa shape index (κ2) is 5.62. The van der Waals surface area contributed by atoms with Gasteiger partial charge in [-0.3, -0.25) is 0 Å². The molecule has 0 aliphatic heterocycles. The van der Waals surface area contributed by atoms with Crippen molar-refractivity contribution in [2.75, 3.05) is 12.4 Å². The predicted octanol–water partition coefficient (Wildman–Crippen LogP) is 2.97. The smallest absolute Gasteiger partial charge is 0.150 e. The number of aromatic nitrogens is 1. The van der Waals surface area contributed by atoms with Crippen LogP contribution >= 0.6 is 23.1 Å². The highest BCUT2D eigenvalue weighted by atomic mass is 32.2. The Morgan fingerprint density at radius 3 is 2.92 bits per heavy atom. The van der Waals surface area contributed by atoms with Gasteiger partial charge in [0.15, 0.2) is 0 Å². The number of nitrogens with zero attached hydrogens (tertiary/aromatic N) is 1. The highest BCUT2D eigenvalue weighted by Gasteiger charge is 1.99. The number of ether oxygens (including phenoxy) is 1. The molecular formula is C9H15NOS2. The van der Waals surface area contributed by atoms with Crippen LogP contribution in [0.1, 0.15) is 19.5 Å². The summed E-state index contributed by atoms with van der Waals surface area (Å²) < 4.78 is 6.57. The van der Waals surface area contributed by atoms with Gasteiger partial charge in [0.1, 0.15) is 4.34 Å². The molecule has 0 radical (unpaired) electrons. The molecule has 0 spiro atoms. The van der Waals surface area contributed by atoms with Crippen LogP contribution in [0.3, 0.4) is 0 Å². The van der Waals surface area contributed by atoms with E-state index in [1.165, 1.54) is 0 Å². The molecule has 0 unspecified atom stereocenters. The van der Waals surface area contributed by atoms with Crippen molar-refractivity contribution in [3.05, 3.63) is 11.1 Å². The summed E-state index contributed by atoms with van der Waals surface area (Å²) in [5.41, 5.74) is 1.11. The summed E-state index contributed by atoms with van der Waals surface area (Å²) in [6, 6.07) is 0. The first-order valence-electron chi connectivity index (χ1n) is 4.35. The van der Waals surface area contributed by atoms with Crippen LogP contribution in [0.2, 0.25) is 0 Å². The number of rotatable bonds is 5. The van der Waals surface area contributed by atoms with E-state index in [1.54, 1.807) is 23.1 Å². The Morgan fingerprint density at radius 1 is 1.62 bits per heavy atom. The minimum absolute atomic E-state index is 0.332. The second-order valence-corrected chi connectivity index (χ2v) is 5.22. The van der Waals surface area contributed by atoms with Gasteiger partial charge in [-0.25, -0.2) is 4.98 Å². The fourth-order valence-corrected chi connectivity index (χ4v) is 2.56. The average Bonchev–Trinajstić information content (AvgIpc) is 2.45. The van der Waals surface area contributed by atoms with Crippen molar-refractivity contribution >= 4 is 23.1 Å². The Morgan fingerprint density at radius 2 is 2.38 bits per heavy atom. The predicted molar refractivity (Wildman–Crippen MR) is 58.7 cm³/mol. The number of aryl methyl sites for hydroxylation is 1. The van der Waals surface area contributed by atoms with E-state index < -0.39 is 0 Å². The van der Waals surface area contributed by atoms with Crippen molar-refractivity contribution in [2.24, 2.45) is 0 Å². The number of hydrogen-bond acceptors (Lipinski definition) is 4. The lowest BCUT2D eigenvalue weighted by Crippen LogP contribution is -2.05. The minimum Gasteiger partial charge on any atom is -0.378 e. The van der Waals surface area contributed by atoms with E-state index in [0.29, 0.717) is 6.10 Å². The molecule has 0 saturated carbocycles. The van der Waals surface area contributed by atoms with Crippen molar-refractivity contribution in [1.82, 2.24) is 4.98 Å². The summed E-state index contributed by atoms with van der Waals surface area (Å²) in [6.07, 6.45) is 0.332. The third kappa shape index (κ3) is 4.64. The SMILES string of the molecule is Cc1csc(SCCOC(C)C)n1. The van der Waals surface area contributed by atoms with Gasteiger partial charge in [0, 0.05) is 16.8 Å². The fourth-order valence-electron chi connectivity index (χ4n) is 0.811. The molecule has 0 N–H and O–H groups in total. The Bertz CT molecular complexity index is 248. The third-order valence-corrected chi connectivity index (χ3v) is 3.46. The van der Waals surface area contributed by atoms with E-state index in [2.05, 4.69) is 24.2 Å². The monoisotopic (exact) mass is 217 g/mol. The minimum atomic E-state index is 0.332. The van der Waals surface area contributed by atoms with E-state index in [0.717, 1.165) is 22.4 Å². The van der Waals surface area contributed by atoms with Crippen LogP contribution in [-0.4, -0.2) is 23.4 Å². The molecule has 1 heterocycles. The van der Waals surface area contributed by atoms with Crippen LogP contribution in [-0.2, 0) is 4.74 Å². The molecule has 0 aromatic carbocycles. The molecule has 13 heavy (non-hydrogen) atoms. The van der Waals surface area contributed by atoms with Gasteiger partial charge in [0.25, 0.3) is 0 Å². The first-order chi connectivity index (χ1) is 6.18. The van der Waals surface area contributed by atoms with E-state index in [-0.39, 0.29) is 0 Å². The van der Waals surface area contributed by atoms with Gasteiger partial charge in [-0.15, -0.1) is 11.3 Å². The summed E-state index contributed by atoms with van der Waals surface area (Å²) in [7, 11) is 0. The summed E-state index contributed by atoms with van der Waals surface area (Å²) in [6.45, 7) is 6.93. The summed E-state index contributed by atoms with van der Waals surface area (Å²) >= 11 is 3.47. The van der Waals surface area contributed by atoms with Crippen molar-refractivity contribution in [3.8, 4) is 0 Å². The van der Waals surface area contributed by atoms with E-state index in [9.17, 15) is 0 Å². The van der Waals surface area contributed by atoms with Crippen LogP contribution in [0.4, 0.5) is 0 Å². The van der Waals surface area contributed by atoms with Crippen LogP contribution in [0.25, 0.3) is 0 Å². The molecule has 0 aliphatic rings. The molecule has 1 rings (SSSR count). The maximum absolute atomic E-state index is 5.43. The number of thiazole rings is 1. The third-order valence-electron chi connectivity index (χ3n) is 1.36. The van der Waals surface area contributed by atoms with Crippen molar-refractivity contribution in [1.29, 1.82) is 0 Å². The van der Waals surface area contributed by atoms with Crippen molar-refractivity contribution < 1.29 is 4.74 Å². The quantitative estimate of drug-likeness (QED) is 0.559. The Hall–Kier alpha value is -0.0600. The second-order valence-electron chi connectivity index (χ2n) is 3.02. The first-order valence-corrected chi connectivity index (χ1v) is 6.21. The molecule has 0 aliphatic carbocycles. The molecule has 1 aromatic rings. The van der Waals surface area contributed by atoms with Crippen molar-refractivity contribution in [3.63, 3.8) is 0 Å². The van der Waals surface area contributed by atoms with Crippen LogP contribution in [0.15, 0.2) is 9.72 Å². The maximum atomic E-state index is 5.43. The standard InChI is InChI=1S/C9H15NOS2/c1-7(2)11-4-5-12-9-10-8(3)6-13-9/h6-7H,4-5H2,1-3H3. The van der Waals surface area contributed by atoms with E-state index in [1.807, 2.05) is 6.92 Å². The van der Waals surface area contributed by atoms with Gasteiger partial charge in [0.2, 0.25) is 0 Å². The van der Waals surface area contributed by atoms with Crippen molar-refractivity contribution in [2.45, 2.75) is 31.2 Å². The molecule has 2 nitrogen and oxygen atoms in total. The van der Waals surface area contributed by atoms with Gasteiger partial charge >= 0.3 is 0 Å². The lowest BCUT2D eigenvalue weighted by molar-refractivity contribution is 0.0920. The molecule has 0 saturated heterocycles. The van der Waals surface area contributed by atoms with Gasteiger partial charge in [-0.2, -0.15) is 0 Å². The largest absolute Gasteiger partial charge is 0.378 e. The Labute approximate surface area is 87.7 Å². The molecule has 0 bridgehead atoms. The van der Waals surface area contributed by atoms with Gasteiger partial charge in [-0.05, 0) is 20.8 Å². The topological polar surface area (TPSA) is 22.1 Å². The lowest BCUT2D eigenvalue weighted by atomic mass is 10.5. The van der Waals surface area contributed by atoms with Gasteiger partial charge < -0.3 is 4.74 Å². The number of thioether (sulfide) groups is 1. The molecule has 1 aromatic heterocycles. The average molecular weight is 217 g/mol. The van der Waals surface area contributed by atoms with E-state index >= 15 is 0 Å². The van der Waals surface area contributed by atoms with Crippen LogP contribution in [0, 0.1) is 6.92 Å². The first kappa shape index (κ1) is 11.0. The molecule has 0 amide bonds. The van der Waals surface area contributed by atoms with Crippen LogP contribution in [0.5, 0.6) is 0 Å².